The molecule has 0 aliphatic carbocycles. The lowest BCUT2D eigenvalue weighted by Crippen LogP contribution is -2.04. The topological polar surface area (TPSA) is 74.8 Å². The zero-order chi connectivity index (χ0) is 17.1. The van der Waals surface area contributed by atoms with Crippen LogP contribution in [0.25, 0.3) is 10.9 Å². The number of aromatic hydroxyl groups is 1. The molecule has 2 aromatic heterocycles. The number of benzene rings is 1. The molecule has 0 atom stereocenters. The number of thiocarbonyl (C=S) groups is 1. The van der Waals surface area contributed by atoms with Crippen LogP contribution in [0.5, 0.6) is 5.88 Å². The van der Waals surface area contributed by atoms with Gasteiger partial charge in [-0.05, 0) is 44.3 Å². The highest BCUT2D eigenvalue weighted by Crippen LogP contribution is 2.40. The number of nitrogens with one attached hydrogen (secondary N) is 1. The first-order chi connectivity index (χ1) is 11.6. The van der Waals surface area contributed by atoms with E-state index in [-0.39, 0.29) is 17.0 Å². The number of para-hydroxylation sites is 1. The van der Waals surface area contributed by atoms with Crippen LogP contribution in [0, 0.1) is 0 Å². The molecule has 0 radical (unpaired) electrons. The fourth-order valence-electron chi connectivity index (χ4n) is 2.53. The first-order valence-corrected chi connectivity index (χ1v) is 7.93. The van der Waals surface area contributed by atoms with Crippen molar-refractivity contribution in [2.45, 2.75) is 19.9 Å². The van der Waals surface area contributed by atoms with Crippen molar-refractivity contribution >= 4 is 39.6 Å². The molecular formula is C17H17N5OS. The van der Waals surface area contributed by atoms with E-state index >= 15 is 0 Å². The summed E-state index contributed by atoms with van der Waals surface area (Å²) in [5.74, 6) is 0.0825. The van der Waals surface area contributed by atoms with Crippen molar-refractivity contribution in [3.63, 3.8) is 0 Å². The maximum atomic E-state index is 10.5. The highest BCUT2D eigenvalue weighted by Gasteiger charge is 2.18. The fraction of sp³-hybridized carbons (Fsp3) is 0.176. The second-order valence-corrected chi connectivity index (χ2v) is 5.91. The van der Waals surface area contributed by atoms with Crippen LogP contribution < -0.4 is 5.32 Å². The minimum Gasteiger partial charge on any atom is -0.493 e. The highest BCUT2D eigenvalue weighted by molar-refractivity contribution is 7.80. The predicted octanol–water partition coefficient (Wildman–Crippen LogP) is 4.80. The third-order valence-corrected chi connectivity index (χ3v) is 3.71. The molecule has 6 nitrogen and oxygen atoms in total. The molecule has 2 heterocycles. The van der Waals surface area contributed by atoms with Gasteiger partial charge < -0.3 is 15.0 Å². The Kier molecular flexibility index (Phi) is 4.52. The minimum absolute atomic E-state index is 0.0825. The number of hydrogen-bond acceptors (Lipinski definition) is 4. The second kappa shape index (κ2) is 6.76. The number of azo groups is 1. The summed E-state index contributed by atoms with van der Waals surface area (Å²) in [7, 11) is 0. The van der Waals surface area contributed by atoms with Gasteiger partial charge in [-0.3, -0.25) is 4.98 Å². The van der Waals surface area contributed by atoms with Gasteiger partial charge in [-0.1, -0.05) is 18.2 Å². The summed E-state index contributed by atoms with van der Waals surface area (Å²) in [4.78, 5) is 4.00. The van der Waals surface area contributed by atoms with Crippen molar-refractivity contribution in [1.82, 2.24) is 9.55 Å². The van der Waals surface area contributed by atoms with Gasteiger partial charge in [0.1, 0.15) is 0 Å². The molecule has 1 aromatic carbocycles. The largest absolute Gasteiger partial charge is 0.493 e. The number of rotatable bonds is 3. The van der Waals surface area contributed by atoms with Crippen LogP contribution in [-0.2, 0) is 0 Å². The summed E-state index contributed by atoms with van der Waals surface area (Å²) >= 11 is 5.17. The second-order valence-electron chi connectivity index (χ2n) is 5.52. The van der Waals surface area contributed by atoms with Crippen molar-refractivity contribution in [3.05, 3.63) is 48.8 Å². The zero-order valence-electron chi connectivity index (χ0n) is 13.3. The van der Waals surface area contributed by atoms with Gasteiger partial charge in [0.05, 0.1) is 17.4 Å². The van der Waals surface area contributed by atoms with Crippen LogP contribution in [0.1, 0.15) is 19.9 Å². The van der Waals surface area contributed by atoms with E-state index in [1.54, 1.807) is 18.5 Å². The Morgan fingerprint density at radius 3 is 2.75 bits per heavy atom. The van der Waals surface area contributed by atoms with E-state index in [1.165, 1.54) is 0 Å². The monoisotopic (exact) mass is 339 g/mol. The molecule has 122 valence electrons. The molecule has 24 heavy (non-hydrogen) atoms. The number of anilines is 1. The molecule has 0 bridgehead atoms. The number of aromatic nitrogens is 2. The average molecular weight is 339 g/mol. The lowest BCUT2D eigenvalue weighted by Gasteiger charge is -2.10. The molecule has 0 amide bonds. The van der Waals surface area contributed by atoms with E-state index in [1.807, 2.05) is 48.7 Å². The molecule has 0 aliphatic rings. The molecule has 0 saturated carbocycles. The van der Waals surface area contributed by atoms with Gasteiger partial charge in [0.2, 0.25) is 11.0 Å². The molecular weight excluding hydrogens is 322 g/mol. The maximum Gasteiger partial charge on any atom is 0.221 e. The molecule has 0 unspecified atom stereocenters. The quantitative estimate of drug-likeness (QED) is 0.531. The Balaban J connectivity index is 1.92. The summed E-state index contributed by atoms with van der Waals surface area (Å²) < 4.78 is 1.82. The van der Waals surface area contributed by atoms with Crippen LogP contribution in [-0.4, -0.2) is 19.8 Å². The van der Waals surface area contributed by atoms with E-state index in [0.717, 1.165) is 16.6 Å². The summed E-state index contributed by atoms with van der Waals surface area (Å²) in [6, 6.07) is 11.4. The molecule has 3 rings (SSSR count). The van der Waals surface area contributed by atoms with Crippen molar-refractivity contribution in [2.75, 3.05) is 5.32 Å². The SMILES string of the molecule is CC(C)n1c(O)c(N=NC(=S)Nc2cccnc2)c2ccccc21. The summed E-state index contributed by atoms with van der Waals surface area (Å²) in [6.45, 7) is 4.00. The number of hydrogen-bond donors (Lipinski definition) is 2. The van der Waals surface area contributed by atoms with Gasteiger partial charge in [0.15, 0.2) is 5.69 Å². The van der Waals surface area contributed by atoms with Crippen LogP contribution in [0.4, 0.5) is 11.4 Å². The fourth-order valence-corrected chi connectivity index (χ4v) is 2.69. The molecule has 7 heteroatoms. The minimum atomic E-state index is 0.0825. The van der Waals surface area contributed by atoms with Crippen LogP contribution in [0.2, 0.25) is 0 Å². The zero-order valence-corrected chi connectivity index (χ0v) is 14.2. The third kappa shape index (κ3) is 3.11. The lowest BCUT2D eigenvalue weighted by atomic mass is 10.2. The lowest BCUT2D eigenvalue weighted by molar-refractivity contribution is 0.407. The van der Waals surface area contributed by atoms with E-state index in [9.17, 15) is 5.11 Å². The highest BCUT2D eigenvalue weighted by atomic mass is 32.1. The Labute approximate surface area is 144 Å². The normalized spacial score (nSPS) is 11.5. The van der Waals surface area contributed by atoms with Crippen molar-refractivity contribution in [3.8, 4) is 5.88 Å². The molecule has 0 saturated heterocycles. The first kappa shape index (κ1) is 16.1. The van der Waals surface area contributed by atoms with Crippen LogP contribution in [0.15, 0.2) is 59.0 Å². The molecule has 0 spiro atoms. The Morgan fingerprint density at radius 2 is 2.04 bits per heavy atom. The maximum absolute atomic E-state index is 10.5. The molecule has 0 aliphatic heterocycles. The van der Waals surface area contributed by atoms with Gasteiger partial charge in [-0.25, -0.2) is 0 Å². The summed E-state index contributed by atoms with van der Waals surface area (Å²) in [5.41, 5.74) is 2.05. The summed E-state index contributed by atoms with van der Waals surface area (Å²) in [6.07, 6.45) is 3.32. The number of fused-ring (bicyclic) bond motifs is 1. The van der Waals surface area contributed by atoms with Crippen LogP contribution in [0.3, 0.4) is 0 Å². The molecule has 2 N–H and O–H groups in total. The number of nitrogens with zero attached hydrogens (tertiary/aromatic N) is 4. The van der Waals surface area contributed by atoms with Gasteiger partial charge in [0.25, 0.3) is 0 Å². The van der Waals surface area contributed by atoms with Gasteiger partial charge in [-0.15, -0.1) is 10.2 Å². The molecule has 3 aromatic rings. The Hall–Kier alpha value is -2.80. The number of pyridine rings is 1. The van der Waals surface area contributed by atoms with E-state index in [0.29, 0.717) is 5.69 Å². The average Bonchev–Trinajstić information content (AvgIpc) is 2.85. The van der Waals surface area contributed by atoms with E-state index in [2.05, 4.69) is 20.5 Å². The van der Waals surface area contributed by atoms with E-state index < -0.39 is 0 Å². The Morgan fingerprint density at radius 1 is 1.25 bits per heavy atom. The molecule has 0 fully saturated rings. The summed E-state index contributed by atoms with van der Waals surface area (Å²) in [5, 5.41) is 22.7. The first-order valence-electron chi connectivity index (χ1n) is 7.52. The Bertz CT molecular complexity index is 902. The van der Waals surface area contributed by atoms with Crippen molar-refractivity contribution in [1.29, 1.82) is 0 Å². The van der Waals surface area contributed by atoms with Gasteiger partial charge in [0, 0.05) is 17.6 Å². The third-order valence-electron chi connectivity index (χ3n) is 3.53. The smallest absolute Gasteiger partial charge is 0.221 e. The van der Waals surface area contributed by atoms with Crippen molar-refractivity contribution < 1.29 is 5.11 Å². The van der Waals surface area contributed by atoms with Crippen molar-refractivity contribution in [2.24, 2.45) is 10.2 Å². The predicted molar refractivity (Wildman–Crippen MR) is 99.0 cm³/mol. The van der Waals surface area contributed by atoms with Crippen LogP contribution >= 0.6 is 12.2 Å². The standard InChI is InChI=1S/C17H17N5OS/c1-11(2)22-14-8-4-3-7-13(14)15(16(22)23)20-21-17(24)19-12-6-5-9-18-10-12/h3-11,23H,1-2H3,(H,19,24). The van der Waals surface area contributed by atoms with Gasteiger partial charge in [-0.2, -0.15) is 0 Å². The van der Waals surface area contributed by atoms with E-state index in [4.69, 9.17) is 12.2 Å². The van der Waals surface area contributed by atoms with Gasteiger partial charge >= 0.3 is 0 Å².